The Morgan fingerprint density at radius 2 is 1.90 bits per heavy atom. The summed E-state index contributed by atoms with van der Waals surface area (Å²) in [6.45, 7) is 5.34. The maximum absolute atomic E-state index is 13.5. The molecule has 0 spiro atoms. The van der Waals surface area contributed by atoms with Gasteiger partial charge in [0.25, 0.3) is 5.56 Å². The Balaban J connectivity index is 1.56. The first-order chi connectivity index (χ1) is 14.2. The first-order valence-corrected chi connectivity index (χ1v) is 10.6. The van der Waals surface area contributed by atoms with Crippen molar-refractivity contribution < 1.29 is 13.6 Å². The van der Waals surface area contributed by atoms with Crippen LogP contribution >= 0.6 is 22.7 Å². The number of carbonyl (C=O) groups excluding carboxylic acids is 1. The third-order valence-electron chi connectivity index (χ3n) is 4.71. The molecule has 0 unspecified atom stereocenters. The van der Waals surface area contributed by atoms with E-state index < -0.39 is 17.5 Å². The lowest BCUT2D eigenvalue weighted by Gasteiger charge is -2.05. The highest BCUT2D eigenvalue weighted by Crippen LogP contribution is 2.31. The number of benzene rings is 1. The van der Waals surface area contributed by atoms with Gasteiger partial charge in [-0.1, -0.05) is 0 Å². The van der Waals surface area contributed by atoms with E-state index >= 15 is 0 Å². The molecule has 0 saturated carbocycles. The molecule has 4 aromatic rings. The summed E-state index contributed by atoms with van der Waals surface area (Å²) in [6, 6.07) is 3.53. The standard InChI is InChI=1S/C20H16F2N4O2S2/c1-9-10(2)29-18-16(9)19(28)26(8-23-18)7-15(27)24-20-25-17(11(3)30-20)12-4-5-13(21)14(22)6-12/h4-6,8H,7H2,1-3H3,(H,24,25,27). The van der Waals surface area contributed by atoms with Gasteiger partial charge < -0.3 is 5.32 Å². The van der Waals surface area contributed by atoms with Gasteiger partial charge >= 0.3 is 0 Å². The van der Waals surface area contributed by atoms with Crippen molar-refractivity contribution in [2.75, 3.05) is 5.32 Å². The van der Waals surface area contributed by atoms with Crippen LogP contribution in [0, 0.1) is 32.4 Å². The van der Waals surface area contributed by atoms with Crippen molar-refractivity contribution in [2.24, 2.45) is 0 Å². The van der Waals surface area contributed by atoms with Crippen LogP contribution in [0.3, 0.4) is 0 Å². The zero-order valence-electron chi connectivity index (χ0n) is 16.2. The number of thiophene rings is 1. The van der Waals surface area contributed by atoms with Crippen molar-refractivity contribution in [3.63, 3.8) is 0 Å². The molecule has 0 aliphatic heterocycles. The predicted molar refractivity (Wildman–Crippen MR) is 114 cm³/mol. The quantitative estimate of drug-likeness (QED) is 0.503. The van der Waals surface area contributed by atoms with Crippen LogP contribution in [0.4, 0.5) is 13.9 Å². The van der Waals surface area contributed by atoms with Crippen LogP contribution < -0.4 is 10.9 Å². The topological polar surface area (TPSA) is 76.9 Å². The summed E-state index contributed by atoms with van der Waals surface area (Å²) in [5, 5.41) is 3.49. The Bertz CT molecular complexity index is 1360. The van der Waals surface area contributed by atoms with Crippen LogP contribution in [0.15, 0.2) is 29.3 Å². The SMILES string of the molecule is Cc1sc(NC(=O)Cn2cnc3sc(C)c(C)c3c2=O)nc1-c1ccc(F)c(F)c1. The molecule has 0 aliphatic carbocycles. The maximum Gasteiger partial charge on any atom is 0.262 e. The number of carbonyl (C=O) groups is 1. The van der Waals surface area contributed by atoms with Gasteiger partial charge in [0, 0.05) is 15.3 Å². The van der Waals surface area contributed by atoms with Gasteiger partial charge in [-0.05, 0) is 44.5 Å². The van der Waals surface area contributed by atoms with Crippen LogP contribution in [0.25, 0.3) is 21.5 Å². The van der Waals surface area contributed by atoms with E-state index in [9.17, 15) is 18.4 Å². The molecule has 30 heavy (non-hydrogen) atoms. The fourth-order valence-corrected chi connectivity index (χ4v) is 4.90. The van der Waals surface area contributed by atoms with Crippen molar-refractivity contribution >= 4 is 43.9 Å². The number of thiazole rings is 1. The summed E-state index contributed by atoms with van der Waals surface area (Å²) in [4.78, 5) is 36.2. The predicted octanol–water partition coefficient (Wildman–Crippen LogP) is 4.42. The molecule has 0 atom stereocenters. The number of halogens is 2. The van der Waals surface area contributed by atoms with E-state index in [1.54, 1.807) is 6.92 Å². The Kier molecular flexibility index (Phi) is 5.20. The van der Waals surface area contributed by atoms with Crippen LogP contribution in [0.1, 0.15) is 15.3 Å². The van der Waals surface area contributed by atoms with Gasteiger partial charge in [-0.25, -0.2) is 18.7 Å². The number of hydrogen-bond donors (Lipinski definition) is 1. The summed E-state index contributed by atoms with van der Waals surface area (Å²) in [5.41, 5.74) is 1.47. The molecule has 0 aliphatic rings. The van der Waals surface area contributed by atoms with Crippen LogP contribution in [0.2, 0.25) is 0 Å². The first-order valence-electron chi connectivity index (χ1n) is 8.92. The van der Waals surface area contributed by atoms with E-state index in [1.165, 1.54) is 39.6 Å². The third kappa shape index (κ3) is 3.63. The average molecular weight is 447 g/mol. The van der Waals surface area contributed by atoms with E-state index in [0.717, 1.165) is 27.5 Å². The second kappa shape index (κ2) is 7.69. The van der Waals surface area contributed by atoms with Gasteiger partial charge in [0.1, 0.15) is 11.4 Å². The highest BCUT2D eigenvalue weighted by Gasteiger charge is 2.16. The maximum atomic E-state index is 13.5. The lowest BCUT2D eigenvalue weighted by Crippen LogP contribution is -2.27. The number of hydrogen-bond acceptors (Lipinski definition) is 6. The van der Waals surface area contributed by atoms with E-state index in [2.05, 4.69) is 15.3 Å². The van der Waals surface area contributed by atoms with E-state index in [0.29, 0.717) is 26.6 Å². The lowest BCUT2D eigenvalue weighted by molar-refractivity contribution is -0.116. The molecule has 3 heterocycles. The van der Waals surface area contributed by atoms with Crippen molar-refractivity contribution in [2.45, 2.75) is 27.3 Å². The summed E-state index contributed by atoms with van der Waals surface area (Å²) in [7, 11) is 0. The normalized spacial score (nSPS) is 11.2. The number of rotatable bonds is 4. The molecule has 10 heteroatoms. The lowest BCUT2D eigenvalue weighted by atomic mass is 10.1. The molecule has 154 valence electrons. The molecule has 3 aromatic heterocycles. The molecule has 0 saturated heterocycles. The number of aryl methyl sites for hydroxylation is 3. The molecule has 1 N–H and O–H groups in total. The highest BCUT2D eigenvalue weighted by atomic mass is 32.1. The molecule has 0 fully saturated rings. The molecule has 0 bridgehead atoms. The minimum Gasteiger partial charge on any atom is -0.300 e. The van der Waals surface area contributed by atoms with Crippen LogP contribution in [0.5, 0.6) is 0 Å². The fraction of sp³-hybridized carbons (Fsp3) is 0.200. The largest absolute Gasteiger partial charge is 0.300 e. The van der Waals surface area contributed by atoms with Crippen molar-refractivity contribution in [1.82, 2.24) is 14.5 Å². The number of anilines is 1. The first kappa shape index (κ1) is 20.3. The smallest absolute Gasteiger partial charge is 0.262 e. The minimum absolute atomic E-state index is 0.213. The molecule has 4 rings (SSSR count). The molecule has 1 aromatic carbocycles. The molecular weight excluding hydrogens is 430 g/mol. The van der Waals surface area contributed by atoms with Crippen molar-refractivity contribution in [3.8, 4) is 11.3 Å². The van der Waals surface area contributed by atoms with Gasteiger partial charge in [-0.2, -0.15) is 0 Å². The number of nitrogens with zero attached hydrogens (tertiary/aromatic N) is 3. The molecule has 0 radical (unpaired) electrons. The van der Waals surface area contributed by atoms with Gasteiger partial charge in [-0.3, -0.25) is 14.2 Å². The van der Waals surface area contributed by atoms with Crippen LogP contribution in [-0.4, -0.2) is 20.4 Å². The zero-order valence-corrected chi connectivity index (χ0v) is 17.9. The molecular formula is C20H16F2N4O2S2. The average Bonchev–Trinajstić information content (AvgIpc) is 3.19. The Morgan fingerprint density at radius 3 is 2.63 bits per heavy atom. The van der Waals surface area contributed by atoms with Crippen molar-refractivity contribution in [3.05, 3.63) is 61.8 Å². The Labute approximate surface area is 177 Å². The number of amides is 1. The molecule has 6 nitrogen and oxygen atoms in total. The summed E-state index contributed by atoms with van der Waals surface area (Å²) < 4.78 is 28.0. The second-order valence-corrected chi connectivity index (χ2v) is 9.15. The van der Waals surface area contributed by atoms with E-state index in [1.807, 2.05) is 13.8 Å². The Hall–Kier alpha value is -2.98. The summed E-state index contributed by atoms with van der Waals surface area (Å²) >= 11 is 2.65. The monoisotopic (exact) mass is 446 g/mol. The fourth-order valence-electron chi connectivity index (χ4n) is 3.06. The minimum atomic E-state index is -0.966. The highest BCUT2D eigenvalue weighted by molar-refractivity contribution is 7.18. The number of fused-ring (bicyclic) bond motifs is 1. The number of aromatic nitrogens is 3. The van der Waals surface area contributed by atoms with Gasteiger partial charge in [0.2, 0.25) is 5.91 Å². The summed E-state index contributed by atoms with van der Waals surface area (Å²) in [5.74, 6) is -2.34. The van der Waals surface area contributed by atoms with Gasteiger partial charge in [-0.15, -0.1) is 22.7 Å². The number of nitrogens with one attached hydrogen (secondary N) is 1. The van der Waals surface area contributed by atoms with Crippen LogP contribution in [-0.2, 0) is 11.3 Å². The third-order valence-corrected chi connectivity index (χ3v) is 6.71. The van der Waals surface area contributed by atoms with E-state index in [4.69, 9.17) is 0 Å². The zero-order chi connectivity index (χ0) is 21.6. The Morgan fingerprint density at radius 1 is 1.13 bits per heavy atom. The summed E-state index contributed by atoms with van der Waals surface area (Å²) in [6.07, 6.45) is 1.36. The molecule has 1 amide bonds. The van der Waals surface area contributed by atoms with Crippen molar-refractivity contribution in [1.29, 1.82) is 0 Å². The second-order valence-electron chi connectivity index (χ2n) is 6.74. The van der Waals surface area contributed by atoms with E-state index in [-0.39, 0.29) is 12.1 Å². The van der Waals surface area contributed by atoms with Gasteiger partial charge in [0.05, 0.1) is 17.4 Å². The van der Waals surface area contributed by atoms with Gasteiger partial charge in [0.15, 0.2) is 16.8 Å².